The minimum Gasteiger partial charge on any atom is -0.352 e. The number of halogens is 2. The molecular weight excluding hydrogens is 276 g/mol. The second kappa shape index (κ2) is 6.44. The number of rotatable bonds is 7. The SMILES string of the molecule is CC(C)NCc1cc(S(=O)(=O)NCC(F)F)cn1C. The van der Waals surface area contributed by atoms with E-state index in [1.54, 1.807) is 11.6 Å². The summed E-state index contributed by atoms with van der Waals surface area (Å²) in [5, 5.41) is 3.16. The van der Waals surface area contributed by atoms with Gasteiger partial charge in [-0.3, -0.25) is 0 Å². The first kappa shape index (κ1) is 16.1. The first-order chi connectivity index (χ1) is 8.72. The number of aryl methyl sites for hydroxylation is 1. The predicted molar refractivity (Wildman–Crippen MR) is 68.6 cm³/mol. The van der Waals surface area contributed by atoms with Crippen molar-refractivity contribution in [1.82, 2.24) is 14.6 Å². The predicted octanol–water partition coefficient (Wildman–Crippen LogP) is 1.07. The number of nitrogens with zero attached hydrogens (tertiary/aromatic N) is 1. The van der Waals surface area contributed by atoms with Crippen molar-refractivity contribution >= 4 is 10.0 Å². The fourth-order valence-electron chi connectivity index (χ4n) is 1.46. The standard InChI is InChI=1S/C11H19F2N3O2S/c1-8(2)14-5-9-4-10(7-16(9)3)19(17,18)15-6-11(12)13/h4,7-8,11,14-15H,5-6H2,1-3H3. The highest BCUT2D eigenvalue weighted by Gasteiger charge is 2.19. The van der Waals surface area contributed by atoms with E-state index in [-0.39, 0.29) is 10.9 Å². The van der Waals surface area contributed by atoms with Crippen LogP contribution in [0.4, 0.5) is 8.78 Å². The Hall–Kier alpha value is -0.990. The molecule has 8 heteroatoms. The smallest absolute Gasteiger partial charge is 0.251 e. The molecule has 1 aromatic heterocycles. The van der Waals surface area contributed by atoms with E-state index < -0.39 is 23.0 Å². The molecule has 0 fully saturated rings. The minimum atomic E-state index is -3.87. The molecule has 0 radical (unpaired) electrons. The Balaban J connectivity index is 2.81. The summed E-state index contributed by atoms with van der Waals surface area (Å²) >= 11 is 0. The van der Waals surface area contributed by atoms with Gasteiger partial charge in [0, 0.05) is 31.5 Å². The van der Waals surface area contributed by atoms with Crippen molar-refractivity contribution in [2.24, 2.45) is 7.05 Å². The number of hydrogen-bond donors (Lipinski definition) is 2. The lowest BCUT2D eigenvalue weighted by Crippen LogP contribution is -2.28. The third-order valence-corrected chi connectivity index (χ3v) is 3.90. The monoisotopic (exact) mass is 295 g/mol. The van der Waals surface area contributed by atoms with E-state index in [0.29, 0.717) is 6.54 Å². The molecule has 0 bridgehead atoms. The molecule has 0 atom stereocenters. The van der Waals surface area contributed by atoms with E-state index in [2.05, 4.69) is 5.32 Å². The third kappa shape index (κ3) is 4.88. The van der Waals surface area contributed by atoms with E-state index >= 15 is 0 Å². The maximum Gasteiger partial charge on any atom is 0.251 e. The van der Waals surface area contributed by atoms with Crippen LogP contribution in [-0.2, 0) is 23.6 Å². The molecule has 0 aliphatic heterocycles. The lowest BCUT2D eigenvalue weighted by atomic mass is 10.3. The molecule has 1 aromatic rings. The molecule has 0 aliphatic carbocycles. The van der Waals surface area contributed by atoms with Gasteiger partial charge in [-0.1, -0.05) is 13.8 Å². The topological polar surface area (TPSA) is 63.1 Å². The molecule has 110 valence electrons. The van der Waals surface area contributed by atoms with Crippen LogP contribution in [0.15, 0.2) is 17.2 Å². The van der Waals surface area contributed by atoms with Gasteiger partial charge in [-0.2, -0.15) is 0 Å². The van der Waals surface area contributed by atoms with Crippen molar-refractivity contribution in [2.75, 3.05) is 6.54 Å². The van der Waals surface area contributed by atoms with Gasteiger partial charge in [0.2, 0.25) is 10.0 Å². The Morgan fingerprint density at radius 3 is 2.53 bits per heavy atom. The summed E-state index contributed by atoms with van der Waals surface area (Å²) in [6, 6.07) is 1.75. The van der Waals surface area contributed by atoms with E-state index in [1.807, 2.05) is 18.6 Å². The average molecular weight is 295 g/mol. The van der Waals surface area contributed by atoms with Gasteiger partial charge in [0.05, 0.1) is 11.4 Å². The molecule has 19 heavy (non-hydrogen) atoms. The van der Waals surface area contributed by atoms with Gasteiger partial charge in [-0.15, -0.1) is 0 Å². The Kier molecular flexibility index (Phi) is 5.45. The summed E-state index contributed by atoms with van der Waals surface area (Å²) in [5.41, 5.74) is 0.770. The molecule has 1 heterocycles. The average Bonchev–Trinajstić information content (AvgIpc) is 2.66. The van der Waals surface area contributed by atoms with Crippen LogP contribution in [0.25, 0.3) is 0 Å². The van der Waals surface area contributed by atoms with Gasteiger partial charge in [-0.05, 0) is 6.07 Å². The first-order valence-electron chi connectivity index (χ1n) is 5.89. The fourth-order valence-corrected chi connectivity index (χ4v) is 2.56. The third-order valence-electron chi connectivity index (χ3n) is 2.51. The number of nitrogens with one attached hydrogen (secondary N) is 2. The Labute approximate surface area is 112 Å². The lowest BCUT2D eigenvalue weighted by Gasteiger charge is -2.08. The molecule has 5 nitrogen and oxygen atoms in total. The second-order valence-electron chi connectivity index (χ2n) is 4.56. The molecule has 0 aromatic carbocycles. The summed E-state index contributed by atoms with van der Waals surface area (Å²) in [7, 11) is -2.16. The molecule has 0 spiro atoms. The van der Waals surface area contributed by atoms with Gasteiger partial charge < -0.3 is 9.88 Å². The number of hydrogen-bond acceptors (Lipinski definition) is 3. The highest BCUT2D eigenvalue weighted by atomic mass is 32.2. The highest BCUT2D eigenvalue weighted by Crippen LogP contribution is 2.13. The van der Waals surface area contributed by atoms with Crippen molar-refractivity contribution in [3.05, 3.63) is 18.0 Å². The zero-order valence-electron chi connectivity index (χ0n) is 11.2. The van der Waals surface area contributed by atoms with Crippen LogP contribution in [0, 0.1) is 0 Å². The van der Waals surface area contributed by atoms with E-state index in [0.717, 1.165) is 5.69 Å². The molecule has 0 unspecified atom stereocenters. The van der Waals surface area contributed by atoms with Crippen LogP contribution in [0.1, 0.15) is 19.5 Å². The summed E-state index contributed by atoms with van der Waals surface area (Å²) in [6.45, 7) is 3.59. The zero-order chi connectivity index (χ0) is 14.6. The summed E-state index contributed by atoms with van der Waals surface area (Å²) < 4.78 is 51.1. The quantitative estimate of drug-likeness (QED) is 0.791. The minimum absolute atomic E-state index is 0.00351. The summed E-state index contributed by atoms with van der Waals surface area (Å²) in [5.74, 6) is 0. The molecule has 0 amide bonds. The van der Waals surface area contributed by atoms with Crippen molar-refractivity contribution in [3.8, 4) is 0 Å². The van der Waals surface area contributed by atoms with Crippen LogP contribution in [-0.4, -0.2) is 32.0 Å². The largest absolute Gasteiger partial charge is 0.352 e. The summed E-state index contributed by atoms with van der Waals surface area (Å²) in [4.78, 5) is -0.00351. The normalized spacial score (nSPS) is 12.6. The number of aromatic nitrogens is 1. The second-order valence-corrected chi connectivity index (χ2v) is 6.32. The van der Waals surface area contributed by atoms with E-state index in [4.69, 9.17) is 0 Å². The van der Waals surface area contributed by atoms with Crippen molar-refractivity contribution < 1.29 is 17.2 Å². The number of alkyl halides is 2. The first-order valence-corrected chi connectivity index (χ1v) is 7.37. The highest BCUT2D eigenvalue weighted by molar-refractivity contribution is 7.89. The molecule has 0 saturated heterocycles. The molecule has 0 aliphatic rings. The van der Waals surface area contributed by atoms with Crippen molar-refractivity contribution in [2.45, 2.75) is 37.8 Å². The van der Waals surface area contributed by atoms with Crippen LogP contribution in [0.2, 0.25) is 0 Å². The Morgan fingerprint density at radius 2 is 2.00 bits per heavy atom. The van der Waals surface area contributed by atoms with E-state index in [1.165, 1.54) is 12.3 Å². The lowest BCUT2D eigenvalue weighted by molar-refractivity contribution is 0.153. The fraction of sp³-hybridized carbons (Fsp3) is 0.636. The van der Waals surface area contributed by atoms with Crippen LogP contribution >= 0.6 is 0 Å². The maximum absolute atomic E-state index is 12.0. The molecule has 1 rings (SSSR count). The Bertz CT molecular complexity index is 512. The van der Waals surface area contributed by atoms with Crippen LogP contribution < -0.4 is 10.0 Å². The van der Waals surface area contributed by atoms with Gasteiger partial charge >= 0.3 is 0 Å². The van der Waals surface area contributed by atoms with Crippen molar-refractivity contribution in [3.63, 3.8) is 0 Å². The number of sulfonamides is 1. The molecular formula is C11H19F2N3O2S. The summed E-state index contributed by atoms with van der Waals surface area (Å²) in [6.07, 6.45) is -1.30. The van der Waals surface area contributed by atoms with E-state index in [9.17, 15) is 17.2 Å². The zero-order valence-corrected chi connectivity index (χ0v) is 12.0. The molecule has 2 N–H and O–H groups in total. The van der Waals surface area contributed by atoms with Gasteiger partial charge in [0.1, 0.15) is 0 Å². The van der Waals surface area contributed by atoms with Gasteiger partial charge in [-0.25, -0.2) is 21.9 Å². The molecule has 0 saturated carbocycles. The van der Waals surface area contributed by atoms with Crippen LogP contribution in [0.3, 0.4) is 0 Å². The van der Waals surface area contributed by atoms with Gasteiger partial charge in [0.25, 0.3) is 6.43 Å². The maximum atomic E-state index is 12.0. The van der Waals surface area contributed by atoms with Gasteiger partial charge in [0.15, 0.2) is 0 Å². The van der Waals surface area contributed by atoms with Crippen LogP contribution in [0.5, 0.6) is 0 Å². The Morgan fingerprint density at radius 1 is 1.37 bits per heavy atom. The van der Waals surface area contributed by atoms with Crippen molar-refractivity contribution in [1.29, 1.82) is 0 Å².